The van der Waals surface area contributed by atoms with Crippen LogP contribution in [0.4, 0.5) is 15.9 Å². The third-order valence-corrected chi connectivity index (χ3v) is 13.7. The van der Waals surface area contributed by atoms with E-state index in [2.05, 4.69) is 4.90 Å². The van der Waals surface area contributed by atoms with Crippen LogP contribution in [0.1, 0.15) is 63.0 Å². The number of Topliss-reactive ketones (excluding diaryl/α,β-unsaturated/α-hetero) is 1. The lowest BCUT2D eigenvalue weighted by Gasteiger charge is -2.26. The number of ketones is 1. The van der Waals surface area contributed by atoms with Gasteiger partial charge in [0.25, 0.3) is 5.91 Å². The lowest BCUT2D eigenvalue weighted by Crippen LogP contribution is -2.41. The highest BCUT2D eigenvalue weighted by Gasteiger charge is 2.52. The first-order chi connectivity index (χ1) is 22.6. The third-order valence-electron chi connectivity index (χ3n) is 9.71. The number of rotatable bonds is 7. The first kappa shape index (κ1) is 31.7. The van der Waals surface area contributed by atoms with Gasteiger partial charge >= 0.3 is 0 Å². The Balaban J connectivity index is 1.11. The van der Waals surface area contributed by atoms with E-state index in [9.17, 15) is 22.4 Å². The number of hydrogen-bond donors (Lipinski definition) is 0. The molecule has 1 saturated carbocycles. The molecule has 0 N–H and O–H groups in total. The van der Waals surface area contributed by atoms with Crippen LogP contribution in [0.15, 0.2) is 66.7 Å². The molecular formula is C36H37FN4O4S2. The second kappa shape index (κ2) is 12.3. The number of amides is 1. The molecule has 0 atom stereocenters. The Morgan fingerprint density at radius 2 is 1.74 bits per heavy atom. The molecule has 2 aromatic carbocycles. The summed E-state index contributed by atoms with van der Waals surface area (Å²) >= 11 is 1.39. The van der Waals surface area contributed by atoms with Gasteiger partial charge in [0.2, 0.25) is 10.0 Å². The van der Waals surface area contributed by atoms with Gasteiger partial charge in [-0.05, 0) is 86.6 Å². The van der Waals surface area contributed by atoms with Gasteiger partial charge in [-0.25, -0.2) is 17.8 Å². The molecule has 1 aliphatic carbocycles. The highest BCUT2D eigenvalue weighted by molar-refractivity contribution is 7.90. The number of para-hydroxylation sites is 1. The number of anilines is 2. The molecule has 2 aliphatic heterocycles. The number of fused-ring (bicyclic) bond motifs is 3. The summed E-state index contributed by atoms with van der Waals surface area (Å²) in [5, 5.41) is 0. The average Bonchev–Trinajstić information content (AvgIpc) is 3.80. The molecule has 0 unspecified atom stereocenters. The summed E-state index contributed by atoms with van der Waals surface area (Å²) in [5.74, 6) is -0.0641. The highest BCUT2D eigenvalue weighted by atomic mass is 32.2. The van der Waals surface area contributed by atoms with Gasteiger partial charge in [-0.1, -0.05) is 36.4 Å². The molecule has 7 rings (SSSR count). The number of nitrogens with zero attached hydrogens (tertiary/aromatic N) is 4. The van der Waals surface area contributed by atoms with E-state index in [1.165, 1.54) is 17.4 Å². The van der Waals surface area contributed by atoms with E-state index in [0.717, 1.165) is 27.3 Å². The summed E-state index contributed by atoms with van der Waals surface area (Å²) in [6.07, 6.45) is 2.65. The topological polar surface area (TPSA) is 90.9 Å². The fourth-order valence-corrected chi connectivity index (χ4v) is 9.66. The molecule has 11 heteroatoms. The van der Waals surface area contributed by atoms with E-state index in [-0.39, 0.29) is 23.9 Å². The molecule has 244 valence electrons. The van der Waals surface area contributed by atoms with Gasteiger partial charge < -0.3 is 9.80 Å². The monoisotopic (exact) mass is 672 g/mol. The Labute approximate surface area is 278 Å². The fraction of sp³-hybridized carbons (Fsp3) is 0.361. The van der Waals surface area contributed by atoms with Gasteiger partial charge in [-0.2, -0.15) is 4.31 Å². The number of benzene rings is 2. The number of aryl methyl sites for hydroxylation is 1. The van der Waals surface area contributed by atoms with Crippen LogP contribution in [0.2, 0.25) is 0 Å². The Hall–Kier alpha value is -3.93. The van der Waals surface area contributed by atoms with Crippen LogP contribution in [0.3, 0.4) is 0 Å². The van der Waals surface area contributed by atoms with Crippen molar-refractivity contribution in [2.24, 2.45) is 0 Å². The highest BCUT2D eigenvalue weighted by Crippen LogP contribution is 2.45. The van der Waals surface area contributed by atoms with Crippen LogP contribution in [0, 0.1) is 12.7 Å². The molecule has 4 heterocycles. The number of sulfonamides is 1. The van der Waals surface area contributed by atoms with Gasteiger partial charge in [-0.15, -0.1) is 11.3 Å². The predicted molar refractivity (Wildman–Crippen MR) is 184 cm³/mol. The standard InChI is InChI=1S/C36H37FN4O4S2/c1-24-8-5-10-28(37)27(24)23-31(42)32-22-25-14-19-41(30-12-4-3-9-26(30)34(25)46-32)35(43)29-11-6-13-33(38-29)39-17-7-18-40(21-20-39)47(44,45)36(2)15-16-36/h3-6,8-13,22H,7,14-21,23H2,1-2H3. The van der Waals surface area contributed by atoms with E-state index >= 15 is 0 Å². The van der Waals surface area contributed by atoms with Gasteiger partial charge in [0.1, 0.15) is 17.3 Å². The molecule has 3 aliphatic rings. The number of carbonyl (C=O) groups is 2. The zero-order valence-corrected chi connectivity index (χ0v) is 28.2. The van der Waals surface area contributed by atoms with Crippen molar-refractivity contribution in [3.05, 3.63) is 99.8 Å². The first-order valence-electron chi connectivity index (χ1n) is 16.1. The quantitative estimate of drug-likeness (QED) is 0.215. The Morgan fingerprint density at radius 1 is 0.957 bits per heavy atom. The van der Waals surface area contributed by atoms with E-state index < -0.39 is 14.8 Å². The van der Waals surface area contributed by atoms with Crippen molar-refractivity contribution in [1.29, 1.82) is 0 Å². The number of pyridine rings is 1. The van der Waals surface area contributed by atoms with Crippen LogP contribution in [-0.4, -0.2) is 66.9 Å². The summed E-state index contributed by atoms with van der Waals surface area (Å²) in [6, 6.07) is 19.9. The molecule has 0 radical (unpaired) electrons. The average molecular weight is 673 g/mol. The van der Waals surface area contributed by atoms with Crippen molar-refractivity contribution >= 4 is 44.6 Å². The third kappa shape index (κ3) is 5.89. The molecule has 0 bridgehead atoms. The predicted octanol–water partition coefficient (Wildman–Crippen LogP) is 6.28. The fourth-order valence-electron chi connectivity index (χ4n) is 6.55. The Bertz CT molecular complexity index is 1970. The van der Waals surface area contributed by atoms with Crippen molar-refractivity contribution in [1.82, 2.24) is 9.29 Å². The van der Waals surface area contributed by atoms with Crippen LogP contribution in [-0.2, 0) is 22.9 Å². The number of halogens is 1. The number of thiophene rings is 1. The Kier molecular flexibility index (Phi) is 8.26. The summed E-state index contributed by atoms with van der Waals surface area (Å²) in [7, 11) is -3.34. The van der Waals surface area contributed by atoms with Gasteiger partial charge in [-0.3, -0.25) is 9.59 Å². The molecular weight excluding hydrogens is 636 g/mol. The molecule has 4 aromatic rings. The zero-order chi connectivity index (χ0) is 32.9. The van der Waals surface area contributed by atoms with Gasteiger partial charge in [0.15, 0.2) is 5.78 Å². The lowest BCUT2D eigenvalue weighted by molar-refractivity contribution is 0.0978. The van der Waals surface area contributed by atoms with E-state index in [4.69, 9.17) is 4.98 Å². The maximum absolute atomic E-state index is 14.5. The second-order valence-electron chi connectivity index (χ2n) is 12.9. The summed E-state index contributed by atoms with van der Waals surface area (Å²) < 4.78 is 41.8. The molecule has 8 nitrogen and oxygen atoms in total. The molecule has 2 fully saturated rings. The maximum atomic E-state index is 14.5. The lowest BCUT2D eigenvalue weighted by atomic mass is 10.0. The zero-order valence-electron chi connectivity index (χ0n) is 26.5. The minimum Gasteiger partial charge on any atom is -0.355 e. The van der Waals surface area contributed by atoms with Crippen LogP contribution >= 0.6 is 11.3 Å². The van der Waals surface area contributed by atoms with E-state index in [1.807, 2.05) is 62.4 Å². The summed E-state index contributed by atoms with van der Waals surface area (Å²) in [6.45, 7) is 6.08. The van der Waals surface area contributed by atoms with Crippen molar-refractivity contribution in [3.63, 3.8) is 0 Å². The van der Waals surface area contributed by atoms with E-state index in [1.54, 1.807) is 21.3 Å². The van der Waals surface area contributed by atoms with Crippen LogP contribution in [0.5, 0.6) is 0 Å². The van der Waals surface area contributed by atoms with Crippen molar-refractivity contribution in [3.8, 4) is 10.4 Å². The normalized spacial score (nSPS) is 17.8. The minimum atomic E-state index is -3.34. The molecule has 1 amide bonds. The Morgan fingerprint density at radius 3 is 2.53 bits per heavy atom. The number of hydrogen-bond acceptors (Lipinski definition) is 7. The summed E-state index contributed by atoms with van der Waals surface area (Å²) in [4.78, 5) is 37.6. The van der Waals surface area contributed by atoms with Gasteiger partial charge in [0, 0.05) is 49.6 Å². The molecule has 47 heavy (non-hydrogen) atoms. The number of carbonyl (C=O) groups excluding carboxylic acids is 2. The van der Waals surface area contributed by atoms with Crippen molar-refractivity contribution < 1.29 is 22.4 Å². The van der Waals surface area contributed by atoms with E-state index in [0.29, 0.717) is 80.4 Å². The van der Waals surface area contributed by atoms with Crippen molar-refractivity contribution in [2.75, 3.05) is 42.5 Å². The van der Waals surface area contributed by atoms with Gasteiger partial charge in [0.05, 0.1) is 15.3 Å². The molecule has 0 spiro atoms. The first-order valence-corrected chi connectivity index (χ1v) is 18.3. The second-order valence-corrected chi connectivity index (χ2v) is 16.4. The van der Waals surface area contributed by atoms with Crippen LogP contribution < -0.4 is 9.80 Å². The molecule has 1 saturated heterocycles. The SMILES string of the molecule is Cc1cccc(F)c1CC(=O)c1cc2c(s1)-c1ccccc1N(C(=O)c1cccc(N3CCCN(S(=O)(=O)C4(C)CC4)CC3)n1)CC2. The number of aromatic nitrogens is 1. The van der Waals surface area contributed by atoms with Crippen LogP contribution in [0.25, 0.3) is 10.4 Å². The maximum Gasteiger partial charge on any atom is 0.276 e. The summed E-state index contributed by atoms with van der Waals surface area (Å²) in [5.41, 5.74) is 4.09. The largest absolute Gasteiger partial charge is 0.355 e. The smallest absolute Gasteiger partial charge is 0.276 e. The minimum absolute atomic E-state index is 0.00356. The van der Waals surface area contributed by atoms with Crippen molar-refractivity contribution in [2.45, 2.75) is 50.7 Å². The molecule has 2 aromatic heterocycles.